The lowest BCUT2D eigenvalue weighted by Gasteiger charge is -2.13. The number of benzene rings is 4. The van der Waals surface area contributed by atoms with Gasteiger partial charge in [-0.2, -0.15) is 0 Å². The smallest absolute Gasteiger partial charge is 0.291 e. The monoisotopic (exact) mass is 584 g/mol. The lowest BCUT2D eigenvalue weighted by Crippen LogP contribution is -2.25. The molecule has 0 aliphatic carbocycles. The molecule has 0 atom stereocenters. The summed E-state index contributed by atoms with van der Waals surface area (Å²) in [4.78, 5) is 35.1. The van der Waals surface area contributed by atoms with E-state index in [-0.39, 0.29) is 23.3 Å². The highest BCUT2D eigenvalue weighted by molar-refractivity contribution is 6.05. The predicted octanol–water partition coefficient (Wildman–Crippen LogP) is 6.87. The Morgan fingerprint density at radius 3 is 2.48 bits per heavy atom. The van der Waals surface area contributed by atoms with Crippen molar-refractivity contribution in [2.45, 2.75) is 32.1 Å². The van der Waals surface area contributed by atoms with E-state index in [1.165, 1.54) is 0 Å². The fraction of sp³-hybridized carbons (Fsp3) is 0.167. The van der Waals surface area contributed by atoms with Gasteiger partial charge < -0.3 is 20.2 Å². The van der Waals surface area contributed by atoms with Crippen molar-refractivity contribution in [2.75, 3.05) is 11.9 Å². The van der Waals surface area contributed by atoms with Gasteiger partial charge in [0.05, 0.1) is 11.0 Å². The lowest BCUT2D eigenvalue weighted by atomic mass is 10.00. The first-order chi connectivity index (χ1) is 21.5. The predicted molar refractivity (Wildman–Crippen MR) is 171 cm³/mol. The Morgan fingerprint density at radius 2 is 1.59 bits per heavy atom. The van der Waals surface area contributed by atoms with Crippen LogP contribution < -0.4 is 10.6 Å². The maximum atomic E-state index is 13.1. The van der Waals surface area contributed by atoms with Gasteiger partial charge in [0.2, 0.25) is 0 Å². The second-order valence-electron chi connectivity index (χ2n) is 10.7. The number of amides is 2. The van der Waals surface area contributed by atoms with E-state index in [2.05, 4.69) is 20.6 Å². The van der Waals surface area contributed by atoms with Gasteiger partial charge in [0, 0.05) is 35.6 Å². The Bertz CT molecular complexity index is 1910. The highest BCUT2D eigenvalue weighted by Gasteiger charge is 2.16. The van der Waals surface area contributed by atoms with E-state index >= 15 is 0 Å². The minimum atomic E-state index is -0.356. The summed E-state index contributed by atoms with van der Waals surface area (Å²) in [5, 5.41) is 16.7. The van der Waals surface area contributed by atoms with Crippen molar-refractivity contribution >= 4 is 39.5 Å². The molecular formula is C36H32N4O4. The molecule has 0 unspecified atom stereocenters. The van der Waals surface area contributed by atoms with Crippen LogP contribution in [0.4, 0.5) is 5.69 Å². The Kier molecular flexibility index (Phi) is 8.59. The summed E-state index contributed by atoms with van der Waals surface area (Å²) < 4.78 is 5.76. The van der Waals surface area contributed by atoms with Crippen LogP contribution in [0, 0.1) is 0 Å². The average Bonchev–Trinajstić information content (AvgIpc) is 3.49. The lowest BCUT2D eigenvalue weighted by molar-refractivity contribution is 0.0952. The van der Waals surface area contributed by atoms with Gasteiger partial charge in [0.15, 0.2) is 5.76 Å². The van der Waals surface area contributed by atoms with Crippen molar-refractivity contribution in [1.29, 1.82) is 0 Å². The van der Waals surface area contributed by atoms with E-state index in [0.717, 1.165) is 58.8 Å². The number of fused-ring (bicyclic) bond motifs is 2. The van der Waals surface area contributed by atoms with Crippen LogP contribution in [0.15, 0.2) is 108 Å². The van der Waals surface area contributed by atoms with Gasteiger partial charge in [-0.05, 0) is 97.3 Å². The third kappa shape index (κ3) is 6.76. The van der Waals surface area contributed by atoms with Gasteiger partial charge in [-0.3, -0.25) is 19.6 Å². The summed E-state index contributed by atoms with van der Waals surface area (Å²) in [5.74, 6) is -0.0814. The summed E-state index contributed by atoms with van der Waals surface area (Å²) in [7, 11) is 0. The molecule has 2 amide bonds. The van der Waals surface area contributed by atoms with E-state index < -0.39 is 0 Å². The van der Waals surface area contributed by atoms with Crippen LogP contribution in [0.3, 0.4) is 0 Å². The van der Waals surface area contributed by atoms with Crippen LogP contribution in [0.25, 0.3) is 22.0 Å². The molecule has 2 heterocycles. The van der Waals surface area contributed by atoms with Gasteiger partial charge >= 0.3 is 0 Å². The molecule has 6 aromatic rings. The molecule has 0 bridgehead atoms. The summed E-state index contributed by atoms with van der Waals surface area (Å²) in [6.45, 7) is 0.507. The highest BCUT2D eigenvalue weighted by atomic mass is 16.3. The molecule has 0 fully saturated rings. The molecule has 44 heavy (non-hydrogen) atoms. The fourth-order valence-electron chi connectivity index (χ4n) is 5.37. The number of aromatic hydroxyl groups is 1. The SMILES string of the molecule is O=C(NCCCc1cccc2nccnc12)c1ccc(NC(=O)c2cc3ccccc3o2)c(CCCc2cccc(O)c2)c1. The topological polar surface area (TPSA) is 117 Å². The first-order valence-electron chi connectivity index (χ1n) is 14.7. The molecule has 8 heteroatoms. The molecule has 3 N–H and O–H groups in total. The van der Waals surface area contributed by atoms with Crippen LogP contribution in [-0.4, -0.2) is 33.4 Å². The maximum Gasteiger partial charge on any atom is 0.291 e. The van der Waals surface area contributed by atoms with Crippen LogP contribution in [0.2, 0.25) is 0 Å². The van der Waals surface area contributed by atoms with Gasteiger partial charge in [-0.1, -0.05) is 42.5 Å². The zero-order chi connectivity index (χ0) is 30.3. The zero-order valence-electron chi connectivity index (χ0n) is 24.1. The number of phenols is 1. The zero-order valence-corrected chi connectivity index (χ0v) is 24.1. The van der Waals surface area contributed by atoms with Crippen molar-refractivity contribution in [1.82, 2.24) is 15.3 Å². The first kappa shape index (κ1) is 28.6. The normalized spacial score (nSPS) is 11.1. The van der Waals surface area contributed by atoms with E-state index in [1.54, 1.807) is 42.7 Å². The van der Waals surface area contributed by atoms with Crippen LogP contribution >= 0.6 is 0 Å². The number of carbonyl (C=O) groups excluding carboxylic acids is 2. The minimum absolute atomic E-state index is 0.174. The fourth-order valence-corrected chi connectivity index (χ4v) is 5.37. The number of rotatable bonds is 11. The number of hydrogen-bond acceptors (Lipinski definition) is 6. The summed E-state index contributed by atoms with van der Waals surface area (Å²) in [5.41, 5.74) is 6.50. The van der Waals surface area contributed by atoms with Gasteiger partial charge in [-0.15, -0.1) is 0 Å². The summed E-state index contributed by atoms with van der Waals surface area (Å²) in [6.07, 6.45) is 7.01. The van der Waals surface area contributed by atoms with Crippen LogP contribution in [-0.2, 0) is 19.3 Å². The Hall–Kier alpha value is -5.50. The van der Waals surface area contributed by atoms with Gasteiger partial charge in [-0.25, -0.2) is 0 Å². The van der Waals surface area contributed by atoms with Crippen molar-refractivity contribution in [3.63, 3.8) is 0 Å². The Labute approximate surface area is 254 Å². The Balaban J connectivity index is 1.14. The largest absolute Gasteiger partial charge is 0.508 e. The average molecular weight is 585 g/mol. The molecule has 0 radical (unpaired) electrons. The number of nitrogens with one attached hydrogen (secondary N) is 2. The number of nitrogens with zero attached hydrogens (tertiary/aromatic N) is 2. The minimum Gasteiger partial charge on any atom is -0.508 e. The summed E-state index contributed by atoms with van der Waals surface area (Å²) >= 11 is 0. The molecule has 2 aromatic heterocycles. The van der Waals surface area contributed by atoms with Gasteiger partial charge in [0.25, 0.3) is 11.8 Å². The van der Waals surface area contributed by atoms with Crippen molar-refractivity contribution in [3.05, 3.63) is 131 Å². The Morgan fingerprint density at radius 1 is 0.750 bits per heavy atom. The number of anilines is 1. The summed E-state index contributed by atoms with van der Waals surface area (Å²) in [6, 6.07) is 27.7. The second-order valence-corrected chi connectivity index (χ2v) is 10.7. The molecule has 0 saturated carbocycles. The molecular weight excluding hydrogens is 552 g/mol. The van der Waals surface area contributed by atoms with E-state index in [1.807, 2.05) is 60.7 Å². The number of furan rings is 1. The maximum absolute atomic E-state index is 13.1. The first-order valence-corrected chi connectivity index (χ1v) is 14.7. The van der Waals surface area contributed by atoms with Crippen LogP contribution in [0.5, 0.6) is 5.75 Å². The third-order valence-electron chi connectivity index (χ3n) is 7.58. The highest BCUT2D eigenvalue weighted by Crippen LogP contribution is 2.24. The number of para-hydroxylation sites is 2. The standard InChI is InChI=1S/C36H32N4O4/c41-29-13-4-8-24(21-29)7-3-11-26-22-28(16-17-30(26)40-36(43)33-23-27-9-1-2-15-32(27)44-33)35(42)39-18-6-12-25-10-5-14-31-34(25)38-20-19-37-31/h1-2,4-5,8-10,13-17,19-23,41H,3,6-7,11-12,18H2,(H,39,42)(H,40,43). The molecule has 0 spiro atoms. The van der Waals surface area contributed by atoms with Crippen molar-refractivity contribution in [3.8, 4) is 5.75 Å². The van der Waals surface area contributed by atoms with Crippen LogP contribution in [0.1, 0.15) is 50.4 Å². The number of aromatic nitrogens is 2. The van der Waals surface area contributed by atoms with E-state index in [9.17, 15) is 14.7 Å². The quantitative estimate of drug-likeness (QED) is 0.143. The molecule has 8 nitrogen and oxygen atoms in total. The van der Waals surface area contributed by atoms with Gasteiger partial charge in [0.1, 0.15) is 11.3 Å². The number of hydrogen-bond donors (Lipinski definition) is 3. The molecule has 0 saturated heterocycles. The number of carbonyl (C=O) groups is 2. The molecule has 0 aliphatic heterocycles. The second kappa shape index (κ2) is 13.2. The number of aryl methyl sites for hydroxylation is 3. The third-order valence-corrected chi connectivity index (χ3v) is 7.58. The van der Waals surface area contributed by atoms with Crippen molar-refractivity contribution in [2.24, 2.45) is 0 Å². The molecule has 0 aliphatic rings. The number of phenolic OH excluding ortho intramolecular Hbond substituents is 1. The van der Waals surface area contributed by atoms with E-state index in [0.29, 0.717) is 29.8 Å². The van der Waals surface area contributed by atoms with E-state index in [4.69, 9.17) is 4.42 Å². The molecule has 220 valence electrons. The van der Waals surface area contributed by atoms with Crippen molar-refractivity contribution < 1.29 is 19.1 Å². The molecule has 6 rings (SSSR count). The molecule has 4 aromatic carbocycles.